The third-order valence-electron chi connectivity index (χ3n) is 5.45. The normalized spacial score (nSPS) is 24.2. The molecule has 2 aromatic rings. The van der Waals surface area contributed by atoms with Crippen LogP contribution < -0.4 is 10.1 Å². The molecule has 1 saturated heterocycles. The first-order chi connectivity index (χ1) is 15.1. The summed E-state index contributed by atoms with van der Waals surface area (Å²) in [5, 5.41) is 33.8. The number of hydrogen-bond donors (Lipinski definition) is 4. The van der Waals surface area contributed by atoms with Gasteiger partial charge in [0.15, 0.2) is 0 Å². The lowest BCUT2D eigenvalue weighted by atomic mass is 10.1. The molecule has 1 aliphatic rings. The molecule has 0 saturated carbocycles. The number of halogens is 3. The largest absolute Gasteiger partial charge is 0.573 e. The maximum absolute atomic E-state index is 12.4. The fourth-order valence-corrected chi connectivity index (χ4v) is 4.88. The lowest BCUT2D eigenvalue weighted by Gasteiger charge is -2.29. The van der Waals surface area contributed by atoms with E-state index >= 15 is 0 Å². The van der Waals surface area contributed by atoms with Gasteiger partial charge in [-0.1, -0.05) is 6.92 Å². The first kappa shape index (κ1) is 24.6. The molecule has 1 aliphatic heterocycles. The molecule has 4 N–H and O–H groups in total. The summed E-state index contributed by atoms with van der Waals surface area (Å²) >= 11 is 1.36. The second-order valence-corrected chi connectivity index (χ2v) is 8.70. The van der Waals surface area contributed by atoms with Gasteiger partial charge in [0.1, 0.15) is 5.75 Å². The predicted molar refractivity (Wildman–Crippen MR) is 111 cm³/mol. The van der Waals surface area contributed by atoms with Crippen LogP contribution in [0, 0.1) is 0 Å². The Hall–Kier alpha value is -1.99. The number of aromatic nitrogens is 1. The molecule has 4 unspecified atom stereocenters. The maximum atomic E-state index is 12.4. The molecule has 0 radical (unpaired) electrons. The van der Waals surface area contributed by atoms with Crippen molar-refractivity contribution in [2.45, 2.75) is 56.8 Å². The van der Waals surface area contributed by atoms with Crippen LogP contribution in [0.5, 0.6) is 5.75 Å². The monoisotopic (exact) mass is 477 g/mol. The summed E-state index contributed by atoms with van der Waals surface area (Å²) in [7, 11) is 0. The van der Waals surface area contributed by atoms with Crippen molar-refractivity contribution in [3.8, 4) is 5.75 Å². The summed E-state index contributed by atoms with van der Waals surface area (Å²) in [5.74, 6) is -0.507. The van der Waals surface area contributed by atoms with E-state index in [9.17, 15) is 33.3 Å². The molecule has 8 nitrogen and oxygen atoms in total. The average Bonchev–Trinajstić information content (AvgIpc) is 3.23. The Morgan fingerprint density at radius 2 is 2.00 bits per heavy atom. The Labute approximate surface area is 186 Å². The van der Waals surface area contributed by atoms with Crippen LogP contribution >= 0.6 is 11.3 Å². The van der Waals surface area contributed by atoms with Gasteiger partial charge in [-0.05, 0) is 25.1 Å². The molecule has 1 amide bonds. The Kier molecular flexibility index (Phi) is 7.93. The van der Waals surface area contributed by atoms with E-state index in [2.05, 4.69) is 15.0 Å². The first-order valence-corrected chi connectivity index (χ1v) is 11.1. The van der Waals surface area contributed by atoms with E-state index in [0.717, 1.165) is 9.71 Å². The van der Waals surface area contributed by atoms with Crippen molar-refractivity contribution in [2.24, 2.45) is 0 Å². The highest BCUT2D eigenvalue weighted by Gasteiger charge is 2.46. The van der Waals surface area contributed by atoms with E-state index in [1.54, 1.807) is 11.8 Å². The van der Waals surface area contributed by atoms with Crippen LogP contribution in [0.3, 0.4) is 0 Å². The molecule has 3 rings (SSSR count). The number of rotatable bonds is 9. The molecule has 0 bridgehead atoms. The van der Waals surface area contributed by atoms with Gasteiger partial charge < -0.3 is 25.4 Å². The van der Waals surface area contributed by atoms with E-state index < -0.39 is 30.7 Å². The number of thiazole rings is 1. The summed E-state index contributed by atoms with van der Waals surface area (Å²) in [6, 6.07) is 2.80. The number of aliphatic hydroxyl groups excluding tert-OH is 3. The molecule has 1 aromatic heterocycles. The molecule has 12 heteroatoms. The summed E-state index contributed by atoms with van der Waals surface area (Å²) in [5.41, 5.74) is 0.409. The fraction of sp³-hybridized carbons (Fsp3) is 0.600. The number of aryl methyl sites for hydroxylation is 1. The van der Waals surface area contributed by atoms with Gasteiger partial charge in [0.2, 0.25) is 5.91 Å². The Morgan fingerprint density at radius 3 is 2.66 bits per heavy atom. The van der Waals surface area contributed by atoms with Crippen LogP contribution in [-0.4, -0.2) is 81.5 Å². The number of aliphatic hydroxyl groups is 3. The Bertz CT molecular complexity index is 926. The SMILES string of the molecule is CCC(=O)NCC1C(O)C(O)C(CO)N1CCCc1nc2cc(OC(F)(F)F)ccc2s1. The summed E-state index contributed by atoms with van der Waals surface area (Å²) in [4.78, 5) is 17.8. The molecule has 32 heavy (non-hydrogen) atoms. The number of alkyl halides is 3. The van der Waals surface area contributed by atoms with Gasteiger partial charge in [-0.15, -0.1) is 24.5 Å². The smallest absolute Gasteiger partial charge is 0.406 e. The lowest BCUT2D eigenvalue weighted by molar-refractivity contribution is -0.274. The zero-order valence-corrected chi connectivity index (χ0v) is 18.2. The zero-order chi connectivity index (χ0) is 23.5. The van der Waals surface area contributed by atoms with Crippen molar-refractivity contribution in [2.75, 3.05) is 19.7 Å². The van der Waals surface area contributed by atoms with Gasteiger partial charge >= 0.3 is 6.36 Å². The highest BCUT2D eigenvalue weighted by molar-refractivity contribution is 7.18. The first-order valence-electron chi connectivity index (χ1n) is 10.3. The number of hydrogen-bond acceptors (Lipinski definition) is 8. The molecule has 0 spiro atoms. The highest BCUT2D eigenvalue weighted by Crippen LogP contribution is 2.30. The number of nitrogens with one attached hydrogen (secondary N) is 1. The minimum Gasteiger partial charge on any atom is -0.406 e. The number of carbonyl (C=O) groups is 1. The van der Waals surface area contributed by atoms with Crippen molar-refractivity contribution in [3.63, 3.8) is 0 Å². The summed E-state index contributed by atoms with van der Waals surface area (Å²) in [6.07, 6.45) is -5.64. The second-order valence-electron chi connectivity index (χ2n) is 7.58. The number of likely N-dealkylation sites (tertiary alicyclic amines) is 1. The molecule has 1 aromatic carbocycles. The fourth-order valence-electron chi connectivity index (χ4n) is 3.89. The van der Waals surface area contributed by atoms with Crippen LogP contribution in [0.25, 0.3) is 10.2 Å². The topological polar surface area (TPSA) is 115 Å². The molecule has 2 heterocycles. The zero-order valence-electron chi connectivity index (χ0n) is 17.4. The number of ether oxygens (including phenoxy) is 1. The third-order valence-corrected chi connectivity index (χ3v) is 6.55. The standard InChI is InChI=1S/C20H26F3N3O5S/c1-2-16(28)24-9-13-18(29)19(30)14(10-27)26(13)7-3-4-17-25-12-8-11(31-20(21,22)23)5-6-15(12)32-17/h5-6,8,13-14,18-19,27,29-30H,2-4,7,9-10H2,1H3,(H,24,28). The number of carbonyl (C=O) groups excluding carboxylic acids is 1. The van der Waals surface area contributed by atoms with Crippen molar-refractivity contribution in [3.05, 3.63) is 23.2 Å². The average molecular weight is 478 g/mol. The van der Waals surface area contributed by atoms with Crippen LogP contribution in [0.1, 0.15) is 24.8 Å². The Balaban J connectivity index is 1.63. The van der Waals surface area contributed by atoms with Crippen molar-refractivity contribution < 1.29 is 38.0 Å². The van der Waals surface area contributed by atoms with Crippen LogP contribution in [-0.2, 0) is 11.2 Å². The molecule has 1 fully saturated rings. The van der Waals surface area contributed by atoms with Crippen LogP contribution in [0.4, 0.5) is 13.2 Å². The second kappa shape index (κ2) is 10.3. The van der Waals surface area contributed by atoms with E-state index in [-0.39, 0.29) is 24.8 Å². The maximum Gasteiger partial charge on any atom is 0.573 e. The molecule has 0 aliphatic carbocycles. The van der Waals surface area contributed by atoms with Gasteiger partial charge in [0, 0.05) is 25.5 Å². The molecular formula is C20H26F3N3O5S. The summed E-state index contributed by atoms with van der Waals surface area (Å²) in [6.45, 7) is 1.92. The third kappa shape index (κ3) is 5.87. The van der Waals surface area contributed by atoms with E-state index in [1.807, 2.05) is 0 Å². The minimum atomic E-state index is -4.77. The number of benzene rings is 1. The quantitative estimate of drug-likeness (QED) is 0.432. The predicted octanol–water partition coefficient (Wildman–Crippen LogP) is 1.42. The number of amides is 1. The summed E-state index contributed by atoms with van der Waals surface area (Å²) < 4.78 is 41.9. The van der Waals surface area contributed by atoms with Crippen molar-refractivity contribution in [1.82, 2.24) is 15.2 Å². The van der Waals surface area contributed by atoms with E-state index in [4.69, 9.17) is 0 Å². The van der Waals surface area contributed by atoms with Gasteiger partial charge in [-0.25, -0.2) is 4.98 Å². The van der Waals surface area contributed by atoms with Gasteiger partial charge in [-0.3, -0.25) is 9.69 Å². The minimum absolute atomic E-state index is 0.143. The number of nitrogens with zero attached hydrogens (tertiary/aromatic N) is 2. The van der Waals surface area contributed by atoms with Crippen LogP contribution in [0.15, 0.2) is 18.2 Å². The molecular weight excluding hydrogens is 451 g/mol. The lowest BCUT2D eigenvalue weighted by Crippen LogP contribution is -2.47. The van der Waals surface area contributed by atoms with Crippen LogP contribution in [0.2, 0.25) is 0 Å². The van der Waals surface area contributed by atoms with E-state index in [1.165, 1.54) is 29.5 Å². The molecule has 178 valence electrons. The number of fused-ring (bicyclic) bond motifs is 1. The van der Waals surface area contributed by atoms with Gasteiger partial charge in [-0.2, -0.15) is 0 Å². The molecule has 4 atom stereocenters. The van der Waals surface area contributed by atoms with E-state index in [0.29, 0.717) is 31.3 Å². The Morgan fingerprint density at radius 1 is 1.28 bits per heavy atom. The van der Waals surface area contributed by atoms with Gasteiger partial charge in [0.05, 0.1) is 46.1 Å². The van der Waals surface area contributed by atoms with Crippen molar-refractivity contribution >= 4 is 27.5 Å². The van der Waals surface area contributed by atoms with Crippen molar-refractivity contribution in [1.29, 1.82) is 0 Å². The highest BCUT2D eigenvalue weighted by atomic mass is 32.1. The van der Waals surface area contributed by atoms with Gasteiger partial charge in [0.25, 0.3) is 0 Å².